The van der Waals surface area contributed by atoms with Crippen LogP contribution in [0.2, 0.25) is 5.02 Å². The molecule has 3 rings (SSSR count). The van der Waals surface area contributed by atoms with Gasteiger partial charge in [0.25, 0.3) is 0 Å². The number of hydrogen-bond donors (Lipinski definition) is 1. The average molecular weight is 287 g/mol. The van der Waals surface area contributed by atoms with Crippen molar-refractivity contribution in [2.24, 2.45) is 0 Å². The molecule has 0 aliphatic carbocycles. The maximum atomic E-state index is 11.9. The number of fused-ring (bicyclic) bond motifs is 1. The van der Waals surface area contributed by atoms with Crippen molar-refractivity contribution >= 4 is 33.2 Å². The fourth-order valence-electron chi connectivity index (χ4n) is 2.53. The number of anilines is 1. The predicted octanol–water partition coefficient (Wildman–Crippen LogP) is 1.04. The van der Waals surface area contributed by atoms with Gasteiger partial charge in [-0.3, -0.25) is 4.90 Å². The van der Waals surface area contributed by atoms with Crippen LogP contribution in [0, 0.1) is 0 Å². The SMILES string of the molecule is O=C1N[C@@H]2CS(=O)(=O)C[C@H]2N1c1cccc(Cl)c1. The van der Waals surface area contributed by atoms with Gasteiger partial charge < -0.3 is 5.32 Å². The fraction of sp³-hybridized carbons (Fsp3) is 0.364. The second kappa shape index (κ2) is 3.86. The maximum absolute atomic E-state index is 11.9. The first-order valence-corrected chi connectivity index (χ1v) is 7.72. The zero-order valence-electron chi connectivity index (χ0n) is 9.34. The Morgan fingerprint density at radius 2 is 2.11 bits per heavy atom. The van der Waals surface area contributed by atoms with Crippen LogP contribution < -0.4 is 10.2 Å². The normalized spacial score (nSPS) is 29.2. The molecular formula is C11H11ClN2O3S. The molecule has 5 nitrogen and oxygen atoms in total. The van der Waals surface area contributed by atoms with E-state index in [1.807, 2.05) is 0 Å². The molecule has 0 bridgehead atoms. The molecule has 2 aliphatic heterocycles. The zero-order valence-corrected chi connectivity index (χ0v) is 10.9. The van der Waals surface area contributed by atoms with Crippen LogP contribution in [0.4, 0.5) is 10.5 Å². The Kier molecular flexibility index (Phi) is 2.53. The van der Waals surface area contributed by atoms with Crippen LogP contribution in [0.25, 0.3) is 0 Å². The standard InChI is InChI=1S/C11H11ClN2O3S/c12-7-2-1-3-8(4-7)14-10-6-18(16,17)5-9(10)13-11(14)15/h1-4,9-10H,5-6H2,(H,13,15)/t9-,10-/m1/s1. The number of urea groups is 1. The number of halogens is 1. The van der Waals surface area contributed by atoms with Crippen molar-refractivity contribution in [2.75, 3.05) is 16.4 Å². The van der Waals surface area contributed by atoms with Crippen LogP contribution in [-0.4, -0.2) is 38.0 Å². The quantitative estimate of drug-likeness (QED) is 0.784. The Labute approximate surface area is 110 Å². The first-order chi connectivity index (χ1) is 8.46. The summed E-state index contributed by atoms with van der Waals surface area (Å²) in [6, 6.07) is 5.95. The van der Waals surface area contributed by atoms with E-state index in [2.05, 4.69) is 5.32 Å². The molecule has 1 aromatic rings. The number of sulfone groups is 1. The monoisotopic (exact) mass is 286 g/mol. The summed E-state index contributed by atoms with van der Waals surface area (Å²) in [6.07, 6.45) is 0. The van der Waals surface area contributed by atoms with Crippen molar-refractivity contribution < 1.29 is 13.2 Å². The van der Waals surface area contributed by atoms with Gasteiger partial charge in [-0.25, -0.2) is 13.2 Å². The summed E-state index contributed by atoms with van der Waals surface area (Å²) >= 11 is 5.89. The van der Waals surface area contributed by atoms with Crippen molar-refractivity contribution in [3.05, 3.63) is 29.3 Å². The summed E-state index contributed by atoms with van der Waals surface area (Å²) in [5, 5.41) is 3.22. The highest BCUT2D eigenvalue weighted by Gasteiger charge is 2.49. The lowest BCUT2D eigenvalue weighted by Gasteiger charge is -2.21. The van der Waals surface area contributed by atoms with E-state index in [4.69, 9.17) is 11.6 Å². The first kappa shape index (κ1) is 11.8. The third kappa shape index (κ3) is 1.85. The Balaban J connectivity index is 1.99. The molecule has 0 saturated carbocycles. The van der Waals surface area contributed by atoms with Crippen LogP contribution in [0.1, 0.15) is 0 Å². The van der Waals surface area contributed by atoms with Crippen molar-refractivity contribution in [1.29, 1.82) is 0 Å². The number of benzene rings is 1. The fourth-order valence-corrected chi connectivity index (χ4v) is 4.61. The number of nitrogens with one attached hydrogen (secondary N) is 1. The number of rotatable bonds is 1. The average Bonchev–Trinajstić information content (AvgIpc) is 2.68. The van der Waals surface area contributed by atoms with Crippen LogP contribution in [-0.2, 0) is 9.84 Å². The molecule has 2 saturated heterocycles. The minimum Gasteiger partial charge on any atom is -0.332 e. The lowest BCUT2D eigenvalue weighted by atomic mass is 10.1. The highest BCUT2D eigenvalue weighted by atomic mass is 35.5. The van der Waals surface area contributed by atoms with Gasteiger partial charge >= 0.3 is 6.03 Å². The van der Waals surface area contributed by atoms with Gasteiger partial charge in [-0.05, 0) is 18.2 Å². The van der Waals surface area contributed by atoms with Crippen LogP contribution >= 0.6 is 11.6 Å². The third-order valence-electron chi connectivity index (χ3n) is 3.27. The molecule has 1 N–H and O–H groups in total. The lowest BCUT2D eigenvalue weighted by Crippen LogP contribution is -2.36. The lowest BCUT2D eigenvalue weighted by molar-refractivity contribution is 0.251. The molecule has 1 aromatic carbocycles. The molecule has 2 fully saturated rings. The molecule has 96 valence electrons. The van der Waals surface area contributed by atoms with Gasteiger partial charge in [-0.15, -0.1) is 0 Å². The minimum atomic E-state index is -3.07. The molecule has 0 spiro atoms. The number of nitrogens with zero attached hydrogens (tertiary/aromatic N) is 1. The minimum absolute atomic E-state index is 0.00290. The Hall–Kier alpha value is -1.27. The van der Waals surface area contributed by atoms with E-state index in [9.17, 15) is 13.2 Å². The van der Waals surface area contributed by atoms with Gasteiger partial charge in [0.2, 0.25) is 0 Å². The zero-order chi connectivity index (χ0) is 12.9. The van der Waals surface area contributed by atoms with Gasteiger partial charge in [-0.2, -0.15) is 0 Å². The summed E-state index contributed by atoms with van der Waals surface area (Å²) in [6.45, 7) is 0. The number of amides is 2. The van der Waals surface area contributed by atoms with E-state index in [0.717, 1.165) is 0 Å². The number of hydrogen-bond acceptors (Lipinski definition) is 3. The number of carbonyl (C=O) groups excluding carboxylic acids is 1. The van der Waals surface area contributed by atoms with Crippen LogP contribution in [0.5, 0.6) is 0 Å². The smallest absolute Gasteiger partial charge is 0.322 e. The number of carbonyl (C=O) groups is 1. The molecule has 2 heterocycles. The summed E-state index contributed by atoms with van der Waals surface area (Å²) in [4.78, 5) is 13.4. The highest BCUT2D eigenvalue weighted by Crippen LogP contribution is 2.30. The molecule has 2 aliphatic rings. The van der Waals surface area contributed by atoms with Crippen molar-refractivity contribution in [1.82, 2.24) is 5.32 Å². The largest absolute Gasteiger partial charge is 0.332 e. The molecule has 0 unspecified atom stereocenters. The van der Waals surface area contributed by atoms with Gasteiger partial charge in [0.15, 0.2) is 9.84 Å². The van der Waals surface area contributed by atoms with Crippen molar-refractivity contribution in [3.63, 3.8) is 0 Å². The third-order valence-corrected chi connectivity index (χ3v) is 5.22. The molecule has 2 amide bonds. The summed E-state index contributed by atoms with van der Waals surface area (Å²) in [5.74, 6) is 0.0173. The van der Waals surface area contributed by atoms with E-state index in [0.29, 0.717) is 10.7 Å². The van der Waals surface area contributed by atoms with E-state index in [1.165, 1.54) is 4.90 Å². The molecular weight excluding hydrogens is 276 g/mol. The van der Waals surface area contributed by atoms with Gasteiger partial charge in [0, 0.05) is 10.7 Å². The first-order valence-electron chi connectivity index (χ1n) is 5.52. The van der Waals surface area contributed by atoms with Gasteiger partial charge in [0.05, 0.1) is 23.6 Å². The predicted molar refractivity (Wildman–Crippen MR) is 68.7 cm³/mol. The molecule has 7 heteroatoms. The van der Waals surface area contributed by atoms with Gasteiger partial charge in [0.1, 0.15) is 0 Å². The second-order valence-corrected chi connectivity index (χ2v) is 7.14. The van der Waals surface area contributed by atoms with Crippen LogP contribution in [0.15, 0.2) is 24.3 Å². The van der Waals surface area contributed by atoms with E-state index >= 15 is 0 Å². The van der Waals surface area contributed by atoms with Crippen molar-refractivity contribution in [3.8, 4) is 0 Å². The van der Waals surface area contributed by atoms with Crippen molar-refractivity contribution in [2.45, 2.75) is 12.1 Å². The topological polar surface area (TPSA) is 66.5 Å². The Bertz CT molecular complexity index is 616. The molecule has 0 radical (unpaired) electrons. The van der Waals surface area contributed by atoms with Gasteiger partial charge in [-0.1, -0.05) is 17.7 Å². The summed E-state index contributed by atoms with van der Waals surface area (Å²) in [7, 11) is -3.07. The van der Waals surface area contributed by atoms with Crippen LogP contribution in [0.3, 0.4) is 0 Å². The van der Waals surface area contributed by atoms with E-state index in [-0.39, 0.29) is 29.6 Å². The molecule has 2 atom stereocenters. The molecule has 18 heavy (non-hydrogen) atoms. The van der Waals surface area contributed by atoms with E-state index in [1.54, 1.807) is 24.3 Å². The Morgan fingerprint density at radius 3 is 2.83 bits per heavy atom. The highest BCUT2D eigenvalue weighted by molar-refractivity contribution is 7.91. The van der Waals surface area contributed by atoms with E-state index < -0.39 is 9.84 Å². The Morgan fingerprint density at radius 1 is 1.33 bits per heavy atom. The summed E-state index contributed by atoms with van der Waals surface area (Å²) < 4.78 is 23.2. The maximum Gasteiger partial charge on any atom is 0.322 e. The summed E-state index contributed by atoms with van der Waals surface area (Å²) in [5.41, 5.74) is 0.629. The second-order valence-electron chi connectivity index (χ2n) is 4.55. The molecule has 0 aromatic heterocycles.